The molecule has 11 heavy (non-hydrogen) atoms. The van der Waals surface area contributed by atoms with Crippen LogP contribution in [0.3, 0.4) is 0 Å². The maximum absolute atomic E-state index is 9.13. The predicted octanol–water partition coefficient (Wildman–Crippen LogP) is 0.926. The van der Waals surface area contributed by atoms with Gasteiger partial charge in [0.25, 0.3) is 0 Å². The average molecular weight is 194 g/mol. The van der Waals surface area contributed by atoms with Gasteiger partial charge in [0.1, 0.15) is 0 Å². The normalized spacial score (nSPS) is 23.5. The lowest BCUT2D eigenvalue weighted by Crippen LogP contribution is -2.19. The minimum absolute atomic E-state index is 0.0996. The average Bonchev–Trinajstić information content (AvgIpc) is 2.06. The largest absolute Gasteiger partial charge is 0.394 e. The monoisotopic (exact) mass is 194 g/mol. The Bertz CT molecular complexity index is 105. The molecule has 0 aliphatic carbocycles. The van der Waals surface area contributed by atoms with Crippen LogP contribution >= 0.6 is 23.5 Å². The van der Waals surface area contributed by atoms with Gasteiger partial charge in [0.15, 0.2) is 0 Å². The van der Waals surface area contributed by atoms with Gasteiger partial charge >= 0.3 is 0 Å². The number of aliphatic hydroxyl groups excluding tert-OH is 2. The summed E-state index contributed by atoms with van der Waals surface area (Å²) < 4.78 is 0.505. The zero-order valence-electron chi connectivity index (χ0n) is 6.40. The Balaban J connectivity index is 2.13. The van der Waals surface area contributed by atoms with Crippen LogP contribution in [0.5, 0.6) is 0 Å². The lowest BCUT2D eigenvalue weighted by molar-refractivity contribution is 0.0918. The zero-order chi connectivity index (χ0) is 8.10. The van der Waals surface area contributed by atoms with Gasteiger partial charge in [-0.2, -0.15) is 0 Å². The van der Waals surface area contributed by atoms with Crippen LogP contribution in [-0.2, 0) is 0 Å². The van der Waals surface area contributed by atoms with Gasteiger partial charge in [0.2, 0.25) is 0 Å². The van der Waals surface area contributed by atoms with Crippen molar-refractivity contribution in [3.8, 4) is 0 Å². The molecule has 1 heterocycles. The molecule has 0 saturated carbocycles. The van der Waals surface area contributed by atoms with E-state index in [0.717, 1.165) is 6.42 Å². The summed E-state index contributed by atoms with van der Waals surface area (Å²) >= 11 is 3.80. The maximum atomic E-state index is 9.13. The minimum atomic E-state index is -0.516. The van der Waals surface area contributed by atoms with E-state index >= 15 is 0 Å². The number of rotatable bonds is 3. The first-order chi connectivity index (χ1) is 5.33. The first-order valence-corrected chi connectivity index (χ1v) is 5.95. The topological polar surface area (TPSA) is 40.5 Å². The SMILES string of the molecule is OC[C@@H](O)CC1SCCCS1. The second kappa shape index (κ2) is 5.30. The van der Waals surface area contributed by atoms with E-state index in [1.807, 2.05) is 23.5 Å². The van der Waals surface area contributed by atoms with Crippen molar-refractivity contribution in [1.82, 2.24) is 0 Å². The summed E-state index contributed by atoms with van der Waals surface area (Å²) in [5.74, 6) is 2.41. The fourth-order valence-corrected chi connectivity index (χ4v) is 3.98. The zero-order valence-corrected chi connectivity index (χ0v) is 8.03. The quantitative estimate of drug-likeness (QED) is 0.701. The Kier molecular flexibility index (Phi) is 4.67. The van der Waals surface area contributed by atoms with E-state index in [1.165, 1.54) is 17.9 Å². The highest BCUT2D eigenvalue weighted by Crippen LogP contribution is 2.33. The van der Waals surface area contributed by atoms with Crippen molar-refractivity contribution < 1.29 is 10.2 Å². The summed E-state index contributed by atoms with van der Waals surface area (Å²) in [7, 11) is 0. The Morgan fingerprint density at radius 2 is 2.00 bits per heavy atom. The highest BCUT2D eigenvalue weighted by Gasteiger charge is 2.17. The van der Waals surface area contributed by atoms with E-state index in [-0.39, 0.29) is 6.61 Å². The molecule has 0 aromatic rings. The van der Waals surface area contributed by atoms with Gasteiger partial charge in [0.05, 0.1) is 17.3 Å². The molecule has 1 fully saturated rings. The molecule has 1 saturated heterocycles. The van der Waals surface area contributed by atoms with Crippen LogP contribution in [0, 0.1) is 0 Å². The first-order valence-electron chi connectivity index (χ1n) is 3.85. The molecule has 0 amide bonds. The number of thioether (sulfide) groups is 2. The third-order valence-corrected chi connectivity index (χ3v) is 4.57. The molecule has 1 aliphatic heterocycles. The molecular formula is C7H14O2S2. The van der Waals surface area contributed by atoms with Crippen LogP contribution in [-0.4, -0.2) is 39.0 Å². The molecule has 0 radical (unpaired) electrons. The third-order valence-electron chi connectivity index (χ3n) is 1.57. The Hall–Kier alpha value is 0.620. The highest BCUT2D eigenvalue weighted by molar-refractivity contribution is 8.17. The van der Waals surface area contributed by atoms with Gasteiger partial charge in [-0.15, -0.1) is 23.5 Å². The highest BCUT2D eigenvalue weighted by atomic mass is 32.2. The van der Waals surface area contributed by atoms with Gasteiger partial charge in [0, 0.05) is 0 Å². The predicted molar refractivity (Wildman–Crippen MR) is 51.0 cm³/mol. The van der Waals surface area contributed by atoms with Crippen molar-refractivity contribution in [3.63, 3.8) is 0 Å². The standard InChI is InChI=1S/C7H14O2S2/c8-5-6(9)4-7-10-2-1-3-11-7/h6-9H,1-5H2/t6-/m0/s1. The lowest BCUT2D eigenvalue weighted by Gasteiger charge is -2.22. The molecule has 1 atom stereocenters. The molecule has 0 aromatic carbocycles. The van der Waals surface area contributed by atoms with Crippen LogP contribution in [0.1, 0.15) is 12.8 Å². The van der Waals surface area contributed by atoms with Crippen molar-refractivity contribution in [2.24, 2.45) is 0 Å². The van der Waals surface area contributed by atoms with Gasteiger partial charge in [-0.25, -0.2) is 0 Å². The van der Waals surface area contributed by atoms with E-state index < -0.39 is 6.10 Å². The van der Waals surface area contributed by atoms with Gasteiger partial charge in [-0.1, -0.05) is 0 Å². The van der Waals surface area contributed by atoms with Crippen molar-refractivity contribution in [1.29, 1.82) is 0 Å². The van der Waals surface area contributed by atoms with E-state index in [9.17, 15) is 0 Å². The van der Waals surface area contributed by atoms with Crippen molar-refractivity contribution in [2.75, 3.05) is 18.1 Å². The molecule has 0 aromatic heterocycles. The Labute approximate surface area is 75.8 Å². The van der Waals surface area contributed by atoms with Crippen LogP contribution in [0.4, 0.5) is 0 Å². The number of aliphatic hydroxyl groups is 2. The third kappa shape index (κ3) is 3.69. The van der Waals surface area contributed by atoms with Crippen LogP contribution in [0.2, 0.25) is 0 Å². The number of hydrogen-bond donors (Lipinski definition) is 2. The lowest BCUT2D eigenvalue weighted by atomic mass is 10.3. The van der Waals surface area contributed by atoms with Crippen molar-refractivity contribution >= 4 is 23.5 Å². The minimum Gasteiger partial charge on any atom is -0.394 e. The smallest absolute Gasteiger partial charge is 0.0789 e. The van der Waals surface area contributed by atoms with Crippen molar-refractivity contribution in [3.05, 3.63) is 0 Å². The molecule has 0 unspecified atom stereocenters. The summed E-state index contributed by atoms with van der Waals surface area (Å²) in [6.07, 6.45) is 1.49. The van der Waals surface area contributed by atoms with Gasteiger partial charge in [-0.3, -0.25) is 0 Å². The van der Waals surface area contributed by atoms with Gasteiger partial charge in [-0.05, 0) is 24.3 Å². The Morgan fingerprint density at radius 3 is 2.55 bits per heavy atom. The maximum Gasteiger partial charge on any atom is 0.0789 e. The number of hydrogen-bond acceptors (Lipinski definition) is 4. The molecule has 1 aliphatic rings. The summed E-state index contributed by atoms with van der Waals surface area (Å²) in [6.45, 7) is -0.0996. The summed E-state index contributed by atoms with van der Waals surface area (Å²) in [5, 5.41) is 17.7. The molecule has 66 valence electrons. The molecular weight excluding hydrogens is 180 g/mol. The fourth-order valence-electron chi connectivity index (χ4n) is 0.969. The van der Waals surface area contributed by atoms with Crippen molar-refractivity contribution in [2.45, 2.75) is 23.5 Å². The second-order valence-corrected chi connectivity index (χ2v) is 5.52. The molecule has 2 nitrogen and oxygen atoms in total. The second-order valence-electron chi connectivity index (χ2n) is 2.60. The van der Waals surface area contributed by atoms with E-state index in [4.69, 9.17) is 10.2 Å². The summed E-state index contributed by atoms with van der Waals surface area (Å²) in [5.41, 5.74) is 0. The molecule has 2 N–H and O–H groups in total. The molecule has 0 spiro atoms. The van der Waals surface area contributed by atoms with Crippen LogP contribution in [0.15, 0.2) is 0 Å². The first kappa shape index (κ1) is 9.71. The van der Waals surface area contributed by atoms with E-state index in [0.29, 0.717) is 4.58 Å². The fraction of sp³-hybridized carbons (Fsp3) is 1.00. The Morgan fingerprint density at radius 1 is 1.36 bits per heavy atom. The summed E-state index contributed by atoms with van der Waals surface area (Å²) in [4.78, 5) is 0. The molecule has 4 heteroatoms. The van der Waals surface area contributed by atoms with Crippen LogP contribution in [0.25, 0.3) is 0 Å². The van der Waals surface area contributed by atoms with E-state index in [1.54, 1.807) is 0 Å². The van der Waals surface area contributed by atoms with Crippen LogP contribution < -0.4 is 0 Å². The summed E-state index contributed by atoms with van der Waals surface area (Å²) in [6, 6.07) is 0. The molecule has 1 rings (SSSR count). The van der Waals surface area contributed by atoms with E-state index in [2.05, 4.69) is 0 Å². The molecule has 0 bridgehead atoms. The van der Waals surface area contributed by atoms with Gasteiger partial charge < -0.3 is 10.2 Å².